The molecule has 0 spiro atoms. The first-order valence-electron chi connectivity index (χ1n) is 7.65. The molecule has 4 nitrogen and oxygen atoms in total. The second-order valence-electron chi connectivity index (χ2n) is 5.64. The monoisotopic (exact) mass is 296 g/mol. The fourth-order valence-corrected chi connectivity index (χ4v) is 2.75. The highest BCUT2D eigenvalue weighted by molar-refractivity contribution is 5.92. The van der Waals surface area contributed by atoms with E-state index in [1.165, 1.54) is 25.7 Å². The van der Waals surface area contributed by atoms with Crippen LogP contribution in [0.2, 0.25) is 0 Å². The Balaban J connectivity index is 1.61. The maximum Gasteiger partial charge on any atom is 0.248 e. The Morgan fingerprint density at radius 2 is 1.50 bits per heavy atom. The highest BCUT2D eigenvalue weighted by Gasteiger charge is 2.14. The van der Waals surface area contributed by atoms with Crippen LogP contribution in [0.25, 0.3) is 0 Å². The number of amides is 1. The molecule has 0 unspecified atom stereocenters. The van der Waals surface area contributed by atoms with Crippen molar-refractivity contribution in [2.45, 2.75) is 31.7 Å². The summed E-state index contributed by atoms with van der Waals surface area (Å²) in [5.74, 6) is 1.01. The average molecular weight is 296 g/mol. The van der Waals surface area contributed by atoms with Gasteiger partial charge in [-0.15, -0.1) is 0 Å². The normalized spacial score (nSPS) is 14.7. The summed E-state index contributed by atoms with van der Waals surface area (Å²) in [6.07, 6.45) is 5.15. The largest absolute Gasteiger partial charge is 0.457 e. The third-order valence-corrected chi connectivity index (χ3v) is 3.95. The zero-order valence-corrected chi connectivity index (χ0v) is 12.4. The van der Waals surface area contributed by atoms with Crippen molar-refractivity contribution < 1.29 is 9.53 Å². The number of nitrogens with two attached hydrogens (primary N) is 1. The van der Waals surface area contributed by atoms with E-state index >= 15 is 0 Å². The summed E-state index contributed by atoms with van der Waals surface area (Å²) in [6, 6.07) is 15.4. The molecular weight excluding hydrogens is 276 g/mol. The average Bonchev–Trinajstić information content (AvgIpc) is 3.03. The van der Waals surface area contributed by atoms with Crippen molar-refractivity contribution in [3.8, 4) is 11.5 Å². The van der Waals surface area contributed by atoms with Gasteiger partial charge in [-0.2, -0.15) is 0 Å². The molecule has 0 heterocycles. The standard InChI is InChI=1S/C18H20N2O2/c19-18(21)13-5-9-16(10-6-13)22-17-11-7-15(8-12-17)20-14-3-1-2-4-14/h5-12,14,20H,1-4H2,(H2,19,21). The Bertz CT molecular complexity index is 629. The number of nitrogens with one attached hydrogen (secondary N) is 1. The minimum atomic E-state index is -0.436. The summed E-state index contributed by atoms with van der Waals surface area (Å²) in [6.45, 7) is 0. The van der Waals surface area contributed by atoms with E-state index in [9.17, 15) is 4.79 Å². The molecule has 0 bridgehead atoms. The van der Waals surface area contributed by atoms with Crippen LogP contribution >= 0.6 is 0 Å². The molecule has 0 aliphatic heterocycles. The van der Waals surface area contributed by atoms with Gasteiger partial charge in [-0.05, 0) is 61.4 Å². The van der Waals surface area contributed by atoms with Crippen molar-refractivity contribution >= 4 is 11.6 Å². The number of rotatable bonds is 5. The van der Waals surface area contributed by atoms with Gasteiger partial charge in [-0.25, -0.2) is 0 Å². The molecule has 3 N–H and O–H groups in total. The lowest BCUT2D eigenvalue weighted by Gasteiger charge is -2.14. The predicted molar refractivity (Wildman–Crippen MR) is 87.4 cm³/mol. The summed E-state index contributed by atoms with van der Waals surface area (Å²) >= 11 is 0. The van der Waals surface area contributed by atoms with E-state index in [1.54, 1.807) is 24.3 Å². The van der Waals surface area contributed by atoms with Crippen LogP contribution in [0, 0.1) is 0 Å². The summed E-state index contributed by atoms with van der Waals surface area (Å²) in [7, 11) is 0. The SMILES string of the molecule is NC(=O)c1ccc(Oc2ccc(NC3CCCC3)cc2)cc1. The molecule has 0 saturated heterocycles. The molecule has 2 aromatic rings. The van der Waals surface area contributed by atoms with Crippen LogP contribution in [0.3, 0.4) is 0 Å². The maximum atomic E-state index is 11.0. The zero-order chi connectivity index (χ0) is 15.4. The van der Waals surface area contributed by atoms with Crippen LogP contribution in [-0.4, -0.2) is 11.9 Å². The first kappa shape index (κ1) is 14.4. The van der Waals surface area contributed by atoms with E-state index in [-0.39, 0.29) is 0 Å². The van der Waals surface area contributed by atoms with Crippen molar-refractivity contribution in [1.29, 1.82) is 0 Å². The second-order valence-corrected chi connectivity index (χ2v) is 5.64. The van der Waals surface area contributed by atoms with E-state index in [0.29, 0.717) is 17.4 Å². The highest BCUT2D eigenvalue weighted by Crippen LogP contribution is 2.26. The van der Waals surface area contributed by atoms with Gasteiger partial charge in [-0.3, -0.25) is 4.79 Å². The van der Waals surface area contributed by atoms with Gasteiger partial charge in [0.2, 0.25) is 5.91 Å². The van der Waals surface area contributed by atoms with Gasteiger partial charge >= 0.3 is 0 Å². The summed E-state index contributed by atoms with van der Waals surface area (Å²) in [4.78, 5) is 11.0. The lowest BCUT2D eigenvalue weighted by atomic mass is 10.2. The van der Waals surface area contributed by atoms with Gasteiger partial charge < -0.3 is 15.8 Å². The Hall–Kier alpha value is -2.49. The topological polar surface area (TPSA) is 64.4 Å². The lowest BCUT2D eigenvalue weighted by molar-refractivity contribution is 0.100. The highest BCUT2D eigenvalue weighted by atomic mass is 16.5. The first-order chi connectivity index (χ1) is 10.7. The second kappa shape index (κ2) is 6.52. The fourth-order valence-electron chi connectivity index (χ4n) is 2.75. The maximum absolute atomic E-state index is 11.0. The molecule has 4 heteroatoms. The van der Waals surface area contributed by atoms with E-state index < -0.39 is 5.91 Å². The third-order valence-electron chi connectivity index (χ3n) is 3.95. The molecule has 0 aromatic heterocycles. The number of anilines is 1. The van der Waals surface area contributed by atoms with Crippen molar-refractivity contribution in [3.05, 3.63) is 54.1 Å². The van der Waals surface area contributed by atoms with E-state index in [0.717, 1.165) is 11.4 Å². The van der Waals surface area contributed by atoms with Crippen molar-refractivity contribution in [1.82, 2.24) is 0 Å². The lowest BCUT2D eigenvalue weighted by Crippen LogP contribution is -2.14. The van der Waals surface area contributed by atoms with Gasteiger partial charge in [0.25, 0.3) is 0 Å². The first-order valence-corrected chi connectivity index (χ1v) is 7.65. The molecule has 1 saturated carbocycles. The minimum absolute atomic E-state index is 0.436. The molecule has 1 aliphatic rings. The molecule has 114 valence electrons. The summed E-state index contributed by atoms with van der Waals surface area (Å²) < 4.78 is 5.76. The van der Waals surface area contributed by atoms with Crippen LogP contribution in [0.1, 0.15) is 36.0 Å². The molecule has 0 atom stereocenters. The Morgan fingerprint density at radius 1 is 0.955 bits per heavy atom. The van der Waals surface area contributed by atoms with Crippen molar-refractivity contribution in [2.75, 3.05) is 5.32 Å². The van der Waals surface area contributed by atoms with Crippen LogP contribution in [0.5, 0.6) is 11.5 Å². The Morgan fingerprint density at radius 3 is 2.05 bits per heavy atom. The van der Waals surface area contributed by atoms with Crippen LogP contribution in [-0.2, 0) is 0 Å². The zero-order valence-electron chi connectivity index (χ0n) is 12.4. The van der Waals surface area contributed by atoms with Gasteiger partial charge in [0.1, 0.15) is 11.5 Å². The molecule has 1 fully saturated rings. The van der Waals surface area contributed by atoms with Gasteiger partial charge in [0.15, 0.2) is 0 Å². The summed E-state index contributed by atoms with van der Waals surface area (Å²) in [5.41, 5.74) is 6.82. The van der Waals surface area contributed by atoms with E-state index in [4.69, 9.17) is 10.5 Å². The van der Waals surface area contributed by atoms with Crippen molar-refractivity contribution in [2.24, 2.45) is 5.73 Å². The van der Waals surface area contributed by atoms with Gasteiger partial charge in [-0.1, -0.05) is 12.8 Å². The number of primary amides is 1. The quantitative estimate of drug-likeness (QED) is 0.878. The molecular formula is C18H20N2O2. The Labute approximate surface area is 130 Å². The molecule has 2 aromatic carbocycles. The fraction of sp³-hybridized carbons (Fsp3) is 0.278. The van der Waals surface area contributed by atoms with Gasteiger partial charge in [0, 0.05) is 17.3 Å². The molecule has 3 rings (SSSR count). The number of hydrogen-bond donors (Lipinski definition) is 2. The van der Waals surface area contributed by atoms with Crippen LogP contribution < -0.4 is 15.8 Å². The third kappa shape index (κ3) is 3.58. The Kier molecular flexibility index (Phi) is 4.28. The number of benzene rings is 2. The van der Waals surface area contributed by atoms with Crippen molar-refractivity contribution in [3.63, 3.8) is 0 Å². The number of hydrogen-bond acceptors (Lipinski definition) is 3. The smallest absolute Gasteiger partial charge is 0.248 e. The van der Waals surface area contributed by atoms with Gasteiger partial charge in [0.05, 0.1) is 0 Å². The molecule has 22 heavy (non-hydrogen) atoms. The molecule has 1 amide bonds. The van der Waals surface area contributed by atoms with Crippen LogP contribution in [0.4, 0.5) is 5.69 Å². The minimum Gasteiger partial charge on any atom is -0.457 e. The molecule has 0 radical (unpaired) electrons. The summed E-state index contributed by atoms with van der Waals surface area (Å²) in [5, 5.41) is 3.54. The number of ether oxygens (including phenoxy) is 1. The van der Waals surface area contributed by atoms with E-state index in [1.807, 2.05) is 24.3 Å². The predicted octanol–water partition coefficient (Wildman–Crippen LogP) is 3.93. The number of carbonyl (C=O) groups is 1. The van der Waals surface area contributed by atoms with E-state index in [2.05, 4.69) is 5.32 Å². The number of carbonyl (C=O) groups excluding carboxylic acids is 1. The van der Waals surface area contributed by atoms with Crippen LogP contribution in [0.15, 0.2) is 48.5 Å². The molecule has 1 aliphatic carbocycles.